The molecular weight excluding hydrogens is 180 g/mol. The summed E-state index contributed by atoms with van der Waals surface area (Å²) in [6.45, 7) is 6.94. The van der Waals surface area contributed by atoms with Crippen LogP contribution in [0.4, 0.5) is 0 Å². The van der Waals surface area contributed by atoms with Crippen molar-refractivity contribution in [2.75, 3.05) is 19.6 Å². The van der Waals surface area contributed by atoms with Gasteiger partial charge in [0.05, 0.1) is 0 Å². The second-order valence-electron chi connectivity index (χ2n) is 3.26. The highest BCUT2D eigenvalue weighted by Gasteiger charge is 2.20. The number of hydrogen-bond acceptors (Lipinski definition) is 3. The van der Waals surface area contributed by atoms with E-state index in [1.807, 2.05) is 0 Å². The molecular formula is C10H16N2O2. The number of nitrogens with one attached hydrogen (secondary N) is 1. The Hall–Kier alpha value is -1.16. The van der Waals surface area contributed by atoms with Gasteiger partial charge < -0.3 is 4.90 Å². The van der Waals surface area contributed by atoms with Crippen molar-refractivity contribution in [1.82, 2.24) is 10.2 Å². The van der Waals surface area contributed by atoms with Crippen LogP contribution in [0.3, 0.4) is 0 Å². The lowest BCUT2D eigenvalue weighted by Gasteiger charge is -2.17. The first-order valence-corrected chi connectivity index (χ1v) is 4.95. The lowest BCUT2D eigenvalue weighted by molar-refractivity contribution is -0.123. The average molecular weight is 196 g/mol. The number of imide groups is 1. The second kappa shape index (κ2) is 4.91. The van der Waals surface area contributed by atoms with Crippen LogP contribution in [-0.2, 0) is 9.59 Å². The second-order valence-corrected chi connectivity index (χ2v) is 3.26. The molecule has 0 spiro atoms. The summed E-state index contributed by atoms with van der Waals surface area (Å²) in [6.07, 6.45) is 2.05. The summed E-state index contributed by atoms with van der Waals surface area (Å²) in [5.74, 6) is -0.522. The van der Waals surface area contributed by atoms with E-state index in [4.69, 9.17) is 0 Å². The monoisotopic (exact) mass is 196 g/mol. The van der Waals surface area contributed by atoms with Gasteiger partial charge in [-0.2, -0.15) is 0 Å². The third kappa shape index (κ3) is 2.67. The molecule has 78 valence electrons. The van der Waals surface area contributed by atoms with Gasteiger partial charge in [0.1, 0.15) is 0 Å². The largest absolute Gasteiger partial charge is 0.304 e. The van der Waals surface area contributed by atoms with Crippen LogP contribution in [-0.4, -0.2) is 36.3 Å². The molecule has 4 heteroatoms. The molecule has 0 unspecified atom stereocenters. The van der Waals surface area contributed by atoms with Crippen LogP contribution in [0, 0.1) is 0 Å². The minimum atomic E-state index is -0.287. The summed E-state index contributed by atoms with van der Waals surface area (Å²) in [6, 6.07) is 0. The molecule has 1 rings (SSSR count). The van der Waals surface area contributed by atoms with E-state index < -0.39 is 0 Å². The van der Waals surface area contributed by atoms with Gasteiger partial charge in [-0.25, -0.2) is 0 Å². The first-order chi connectivity index (χ1) is 6.67. The van der Waals surface area contributed by atoms with E-state index in [0.717, 1.165) is 19.6 Å². The molecule has 1 heterocycles. The van der Waals surface area contributed by atoms with Gasteiger partial charge in [-0.1, -0.05) is 13.8 Å². The summed E-state index contributed by atoms with van der Waals surface area (Å²) >= 11 is 0. The van der Waals surface area contributed by atoms with E-state index in [-0.39, 0.29) is 11.8 Å². The van der Waals surface area contributed by atoms with E-state index >= 15 is 0 Å². The molecule has 0 saturated carbocycles. The van der Waals surface area contributed by atoms with Crippen molar-refractivity contribution in [3.8, 4) is 0 Å². The van der Waals surface area contributed by atoms with E-state index in [1.165, 1.54) is 6.08 Å². The summed E-state index contributed by atoms with van der Waals surface area (Å²) in [5.41, 5.74) is 0.599. The van der Waals surface area contributed by atoms with Gasteiger partial charge in [0.15, 0.2) is 0 Å². The number of rotatable bonds is 5. The molecule has 0 aromatic rings. The average Bonchev–Trinajstić information content (AvgIpc) is 2.47. The fourth-order valence-electron chi connectivity index (χ4n) is 1.46. The Morgan fingerprint density at radius 3 is 2.36 bits per heavy atom. The quantitative estimate of drug-likeness (QED) is 0.643. The van der Waals surface area contributed by atoms with Crippen LogP contribution in [0.5, 0.6) is 0 Å². The molecule has 0 saturated heterocycles. The summed E-state index contributed by atoms with van der Waals surface area (Å²) in [7, 11) is 0. The van der Waals surface area contributed by atoms with Crippen molar-refractivity contribution >= 4 is 11.8 Å². The zero-order valence-electron chi connectivity index (χ0n) is 8.67. The fourth-order valence-corrected chi connectivity index (χ4v) is 1.46. The molecule has 1 aliphatic heterocycles. The molecule has 0 fully saturated rings. The smallest absolute Gasteiger partial charge is 0.254 e. The Morgan fingerprint density at radius 1 is 1.29 bits per heavy atom. The van der Waals surface area contributed by atoms with Crippen molar-refractivity contribution in [3.63, 3.8) is 0 Å². The van der Waals surface area contributed by atoms with Crippen molar-refractivity contribution in [1.29, 1.82) is 0 Å². The van der Waals surface area contributed by atoms with Crippen LogP contribution >= 0.6 is 0 Å². The summed E-state index contributed by atoms with van der Waals surface area (Å²) < 4.78 is 0. The van der Waals surface area contributed by atoms with Gasteiger partial charge in [0, 0.05) is 18.2 Å². The van der Waals surface area contributed by atoms with Gasteiger partial charge in [0.2, 0.25) is 0 Å². The Labute approximate surface area is 84.0 Å². The maximum absolute atomic E-state index is 11.2. The highest BCUT2D eigenvalue weighted by molar-refractivity contribution is 6.16. The SMILES string of the molecule is CCN(CC)CCC1=CC(=O)NC1=O. The molecule has 0 radical (unpaired) electrons. The molecule has 14 heavy (non-hydrogen) atoms. The Bertz CT molecular complexity index is 267. The van der Waals surface area contributed by atoms with Crippen molar-refractivity contribution in [2.45, 2.75) is 20.3 Å². The number of amides is 2. The third-order valence-corrected chi connectivity index (χ3v) is 2.43. The predicted octanol–water partition coefficient (Wildman–Crippen LogP) is 0.301. The molecule has 2 amide bonds. The van der Waals surface area contributed by atoms with Gasteiger partial charge >= 0.3 is 0 Å². The lowest BCUT2D eigenvalue weighted by atomic mass is 10.2. The van der Waals surface area contributed by atoms with E-state index in [9.17, 15) is 9.59 Å². The van der Waals surface area contributed by atoms with Crippen LogP contribution < -0.4 is 5.32 Å². The van der Waals surface area contributed by atoms with Gasteiger partial charge in [-0.05, 0) is 19.5 Å². The maximum atomic E-state index is 11.2. The first kappa shape index (κ1) is 10.9. The van der Waals surface area contributed by atoms with Crippen LogP contribution in [0.1, 0.15) is 20.3 Å². The van der Waals surface area contributed by atoms with Crippen molar-refractivity contribution in [3.05, 3.63) is 11.6 Å². The molecule has 1 aliphatic rings. The lowest BCUT2D eigenvalue weighted by Crippen LogP contribution is -2.26. The van der Waals surface area contributed by atoms with E-state index in [0.29, 0.717) is 12.0 Å². The number of carbonyl (C=O) groups excluding carboxylic acids is 2. The Morgan fingerprint density at radius 2 is 1.93 bits per heavy atom. The molecule has 4 nitrogen and oxygen atoms in total. The highest BCUT2D eigenvalue weighted by Crippen LogP contribution is 2.08. The predicted molar refractivity (Wildman–Crippen MR) is 53.6 cm³/mol. The van der Waals surface area contributed by atoms with Crippen molar-refractivity contribution < 1.29 is 9.59 Å². The normalized spacial score (nSPS) is 16.1. The highest BCUT2D eigenvalue weighted by atomic mass is 16.2. The summed E-state index contributed by atoms with van der Waals surface area (Å²) in [5, 5.41) is 2.24. The molecule has 0 aromatic carbocycles. The maximum Gasteiger partial charge on any atom is 0.254 e. The molecule has 0 atom stereocenters. The number of nitrogens with zero attached hydrogens (tertiary/aromatic N) is 1. The van der Waals surface area contributed by atoms with Crippen LogP contribution in [0.25, 0.3) is 0 Å². The topological polar surface area (TPSA) is 49.4 Å². The minimum absolute atomic E-state index is 0.234. The molecule has 0 bridgehead atoms. The summed E-state index contributed by atoms with van der Waals surface area (Å²) in [4.78, 5) is 24.2. The van der Waals surface area contributed by atoms with Gasteiger partial charge in [-0.15, -0.1) is 0 Å². The standard InChI is InChI=1S/C10H16N2O2/c1-3-12(4-2)6-5-8-7-9(13)11-10(8)14/h7H,3-6H2,1-2H3,(H,11,13,14). The fraction of sp³-hybridized carbons (Fsp3) is 0.600. The third-order valence-electron chi connectivity index (χ3n) is 2.43. The van der Waals surface area contributed by atoms with E-state index in [2.05, 4.69) is 24.1 Å². The number of carbonyl (C=O) groups is 2. The van der Waals surface area contributed by atoms with Gasteiger partial charge in [-0.3, -0.25) is 14.9 Å². The van der Waals surface area contributed by atoms with Crippen molar-refractivity contribution in [2.24, 2.45) is 0 Å². The molecule has 0 aromatic heterocycles. The zero-order valence-corrected chi connectivity index (χ0v) is 8.67. The molecule has 0 aliphatic carbocycles. The number of hydrogen-bond donors (Lipinski definition) is 1. The van der Waals surface area contributed by atoms with Crippen LogP contribution in [0.2, 0.25) is 0 Å². The Kier molecular flexibility index (Phi) is 3.83. The van der Waals surface area contributed by atoms with Gasteiger partial charge in [0.25, 0.3) is 11.8 Å². The van der Waals surface area contributed by atoms with Crippen LogP contribution in [0.15, 0.2) is 11.6 Å². The van der Waals surface area contributed by atoms with E-state index in [1.54, 1.807) is 0 Å². The zero-order chi connectivity index (χ0) is 10.6. The minimum Gasteiger partial charge on any atom is -0.304 e. The molecule has 1 N–H and O–H groups in total. The Balaban J connectivity index is 2.41. The first-order valence-electron chi connectivity index (χ1n) is 4.95.